The Morgan fingerprint density at radius 1 is 1.30 bits per heavy atom. The second kappa shape index (κ2) is 7.34. The van der Waals surface area contributed by atoms with E-state index in [9.17, 15) is 14.0 Å². The Morgan fingerprint density at radius 2 is 2.04 bits per heavy atom. The first-order valence-corrected chi connectivity index (χ1v) is 7.90. The second-order valence-electron chi connectivity index (χ2n) is 5.20. The highest BCUT2D eigenvalue weighted by Crippen LogP contribution is 2.27. The van der Waals surface area contributed by atoms with E-state index in [-0.39, 0.29) is 17.5 Å². The molecule has 0 unspecified atom stereocenters. The van der Waals surface area contributed by atoms with Crippen molar-refractivity contribution in [3.05, 3.63) is 52.2 Å². The number of halogens is 1. The average molecular weight is 335 g/mol. The number of thiophene rings is 1. The maximum absolute atomic E-state index is 13.2. The van der Waals surface area contributed by atoms with Crippen LogP contribution in [0, 0.1) is 12.7 Å². The zero-order chi connectivity index (χ0) is 17.0. The fourth-order valence-corrected chi connectivity index (χ4v) is 2.90. The monoisotopic (exact) mass is 335 g/mol. The zero-order valence-electron chi connectivity index (χ0n) is 12.9. The van der Waals surface area contributed by atoms with Crippen LogP contribution in [0.2, 0.25) is 0 Å². The van der Waals surface area contributed by atoms with E-state index in [4.69, 9.17) is 5.73 Å². The molecule has 1 atom stereocenters. The topological polar surface area (TPSA) is 84.2 Å². The molecule has 0 aliphatic heterocycles. The number of anilines is 1. The number of nitrogens with two attached hydrogens (primary N) is 1. The molecule has 1 aromatic carbocycles. The number of hydrogen-bond acceptors (Lipinski definition) is 4. The molecule has 0 fully saturated rings. The van der Waals surface area contributed by atoms with Crippen molar-refractivity contribution in [1.82, 2.24) is 5.32 Å². The highest BCUT2D eigenvalue weighted by atomic mass is 32.1. The molecule has 1 heterocycles. The largest absolute Gasteiger partial charge is 0.348 e. The summed E-state index contributed by atoms with van der Waals surface area (Å²) < 4.78 is 13.2. The quantitative estimate of drug-likeness (QED) is 0.785. The van der Waals surface area contributed by atoms with Gasteiger partial charge < -0.3 is 16.4 Å². The van der Waals surface area contributed by atoms with Crippen LogP contribution in [0.25, 0.3) is 0 Å². The first-order valence-electron chi connectivity index (χ1n) is 7.09. The lowest BCUT2D eigenvalue weighted by molar-refractivity contribution is 0.0944. The summed E-state index contributed by atoms with van der Waals surface area (Å²) in [5.41, 5.74) is 6.46. The third-order valence-corrected chi connectivity index (χ3v) is 4.33. The van der Waals surface area contributed by atoms with Crippen molar-refractivity contribution in [3.63, 3.8) is 0 Å². The lowest BCUT2D eigenvalue weighted by Gasteiger charge is -2.10. The Kier molecular flexibility index (Phi) is 5.46. The van der Waals surface area contributed by atoms with Gasteiger partial charge in [-0.05, 0) is 43.7 Å². The molecule has 7 heteroatoms. The van der Waals surface area contributed by atoms with Crippen molar-refractivity contribution in [2.75, 3.05) is 11.9 Å². The smallest absolute Gasteiger partial charge is 0.261 e. The van der Waals surface area contributed by atoms with Crippen molar-refractivity contribution in [2.45, 2.75) is 19.9 Å². The molecule has 0 bridgehead atoms. The molecule has 2 aromatic rings. The summed E-state index contributed by atoms with van der Waals surface area (Å²) in [4.78, 5) is 24.7. The fraction of sp³-hybridized carbons (Fsp3) is 0.250. The van der Waals surface area contributed by atoms with Crippen molar-refractivity contribution >= 4 is 28.2 Å². The Balaban J connectivity index is 2.12. The van der Waals surface area contributed by atoms with Crippen molar-refractivity contribution in [2.24, 2.45) is 5.73 Å². The molecule has 0 spiro atoms. The maximum Gasteiger partial charge on any atom is 0.261 e. The molecule has 0 saturated carbocycles. The predicted molar refractivity (Wildman–Crippen MR) is 89.4 cm³/mol. The molecular formula is C16H18FN3O2S. The van der Waals surface area contributed by atoms with Gasteiger partial charge in [-0.15, -0.1) is 11.3 Å². The summed E-state index contributed by atoms with van der Waals surface area (Å²) in [5.74, 6) is -1.12. The number of aryl methyl sites for hydroxylation is 1. The first-order chi connectivity index (χ1) is 10.9. The van der Waals surface area contributed by atoms with Crippen LogP contribution in [0.3, 0.4) is 0 Å². The van der Waals surface area contributed by atoms with Crippen LogP contribution in [-0.4, -0.2) is 24.4 Å². The van der Waals surface area contributed by atoms with Crippen LogP contribution >= 0.6 is 11.3 Å². The molecule has 0 radical (unpaired) electrons. The third kappa shape index (κ3) is 4.37. The normalized spacial score (nSPS) is 11.8. The molecule has 2 rings (SSSR count). The molecule has 23 heavy (non-hydrogen) atoms. The number of amides is 2. The molecule has 0 aliphatic rings. The van der Waals surface area contributed by atoms with E-state index >= 15 is 0 Å². The van der Waals surface area contributed by atoms with Crippen LogP contribution < -0.4 is 16.4 Å². The number of benzene rings is 1. The van der Waals surface area contributed by atoms with Gasteiger partial charge in [-0.3, -0.25) is 9.59 Å². The van der Waals surface area contributed by atoms with Gasteiger partial charge in [0.1, 0.15) is 5.82 Å². The van der Waals surface area contributed by atoms with Gasteiger partial charge >= 0.3 is 0 Å². The van der Waals surface area contributed by atoms with Crippen LogP contribution in [0.1, 0.15) is 32.5 Å². The Hall–Kier alpha value is -2.25. The molecule has 1 aromatic heterocycles. The van der Waals surface area contributed by atoms with Crippen LogP contribution in [0.4, 0.5) is 9.39 Å². The third-order valence-electron chi connectivity index (χ3n) is 3.18. The minimum atomic E-state index is -0.476. The lowest BCUT2D eigenvalue weighted by atomic mass is 10.2. The number of carbonyl (C=O) groups is 2. The minimum absolute atomic E-state index is 0.130. The van der Waals surface area contributed by atoms with Crippen LogP contribution in [-0.2, 0) is 0 Å². The van der Waals surface area contributed by atoms with Gasteiger partial charge in [0.15, 0.2) is 0 Å². The summed E-state index contributed by atoms with van der Waals surface area (Å²) in [6.07, 6.45) is 0. The standard InChI is InChI=1S/C16H18FN3O2S/c1-9-6-13(23-14(9)16(22)19-10(2)8-18)20-15(21)11-4-3-5-12(17)7-11/h3-7,10H,8,18H2,1-2H3,(H,19,22)(H,20,21)/t10-/m0/s1. The highest BCUT2D eigenvalue weighted by Gasteiger charge is 2.17. The van der Waals surface area contributed by atoms with Gasteiger partial charge in [-0.25, -0.2) is 4.39 Å². The summed E-state index contributed by atoms with van der Waals surface area (Å²) in [6.45, 7) is 3.95. The molecule has 122 valence electrons. The van der Waals surface area contributed by atoms with Gasteiger partial charge in [-0.2, -0.15) is 0 Å². The second-order valence-corrected chi connectivity index (χ2v) is 6.25. The molecule has 5 nitrogen and oxygen atoms in total. The highest BCUT2D eigenvalue weighted by molar-refractivity contribution is 7.18. The maximum atomic E-state index is 13.2. The van der Waals surface area contributed by atoms with E-state index in [1.807, 2.05) is 6.92 Å². The minimum Gasteiger partial charge on any atom is -0.348 e. The molecule has 0 saturated heterocycles. The summed E-state index contributed by atoms with van der Waals surface area (Å²) in [6, 6.07) is 7.00. The van der Waals surface area contributed by atoms with Crippen molar-refractivity contribution in [3.8, 4) is 0 Å². The average Bonchev–Trinajstić information content (AvgIpc) is 2.87. The van der Waals surface area contributed by atoms with E-state index in [2.05, 4.69) is 10.6 Å². The SMILES string of the molecule is Cc1cc(NC(=O)c2cccc(F)c2)sc1C(=O)N[C@@H](C)CN. The molecular weight excluding hydrogens is 317 g/mol. The first kappa shape index (κ1) is 17.1. The summed E-state index contributed by atoms with van der Waals surface area (Å²) in [5, 5.41) is 5.98. The molecule has 2 amide bonds. The Labute approximate surface area is 137 Å². The van der Waals surface area contributed by atoms with E-state index in [0.29, 0.717) is 16.4 Å². The molecule has 4 N–H and O–H groups in total. The Morgan fingerprint density at radius 3 is 2.70 bits per heavy atom. The van der Waals surface area contributed by atoms with Crippen LogP contribution in [0.5, 0.6) is 0 Å². The summed E-state index contributed by atoms with van der Waals surface area (Å²) >= 11 is 1.17. The van der Waals surface area contributed by atoms with Crippen LogP contribution in [0.15, 0.2) is 30.3 Å². The number of rotatable bonds is 5. The van der Waals surface area contributed by atoms with E-state index in [0.717, 1.165) is 11.6 Å². The van der Waals surface area contributed by atoms with Crippen molar-refractivity contribution < 1.29 is 14.0 Å². The summed E-state index contributed by atoms with van der Waals surface area (Å²) in [7, 11) is 0. The zero-order valence-corrected chi connectivity index (χ0v) is 13.7. The number of carbonyl (C=O) groups excluding carboxylic acids is 2. The van der Waals surface area contributed by atoms with E-state index in [1.54, 1.807) is 13.0 Å². The Bertz CT molecular complexity index is 730. The van der Waals surface area contributed by atoms with Gasteiger partial charge in [-0.1, -0.05) is 6.07 Å². The number of nitrogens with one attached hydrogen (secondary N) is 2. The van der Waals surface area contributed by atoms with E-state index < -0.39 is 11.7 Å². The van der Waals surface area contributed by atoms with E-state index in [1.165, 1.54) is 29.5 Å². The van der Waals surface area contributed by atoms with Gasteiger partial charge in [0.25, 0.3) is 11.8 Å². The lowest BCUT2D eigenvalue weighted by Crippen LogP contribution is -2.37. The van der Waals surface area contributed by atoms with Gasteiger partial charge in [0.05, 0.1) is 9.88 Å². The van der Waals surface area contributed by atoms with Gasteiger partial charge in [0.2, 0.25) is 0 Å². The fourth-order valence-electron chi connectivity index (χ4n) is 1.93. The van der Waals surface area contributed by atoms with Gasteiger partial charge in [0, 0.05) is 18.2 Å². The predicted octanol–water partition coefficient (Wildman–Crippen LogP) is 2.52. The molecule has 0 aliphatic carbocycles. The number of hydrogen-bond donors (Lipinski definition) is 3. The van der Waals surface area contributed by atoms with Crippen molar-refractivity contribution in [1.29, 1.82) is 0 Å².